The molecule has 18 heavy (non-hydrogen) atoms. The van der Waals surface area contributed by atoms with Crippen molar-refractivity contribution in [3.8, 4) is 0 Å². The van der Waals surface area contributed by atoms with Gasteiger partial charge in [0.25, 0.3) is 0 Å². The molecule has 0 aromatic carbocycles. The molecule has 106 valence electrons. The van der Waals surface area contributed by atoms with E-state index in [0.29, 0.717) is 0 Å². The molecule has 2 atom stereocenters. The fourth-order valence-electron chi connectivity index (χ4n) is 0.731. The second-order valence-corrected chi connectivity index (χ2v) is 5.05. The van der Waals surface area contributed by atoms with Crippen LogP contribution in [0.3, 0.4) is 0 Å². The summed E-state index contributed by atoms with van der Waals surface area (Å²) in [5, 5.41) is 25.7. The monoisotopic (exact) mass is 308 g/mol. The Labute approximate surface area is 101 Å². The summed E-state index contributed by atoms with van der Waals surface area (Å²) in [6.45, 7) is 0. The van der Waals surface area contributed by atoms with Crippen molar-refractivity contribution in [3.05, 3.63) is 0 Å². The van der Waals surface area contributed by atoms with Crippen molar-refractivity contribution in [3.63, 3.8) is 0 Å². The highest BCUT2D eigenvalue weighted by Gasteiger charge is 2.41. The number of hydrogen-bond acceptors (Lipinski definition) is 8. The van der Waals surface area contributed by atoms with E-state index < -0.39 is 44.8 Å². The summed E-state index contributed by atoms with van der Waals surface area (Å²) in [6, 6.07) is 0. The van der Waals surface area contributed by atoms with Crippen molar-refractivity contribution >= 4 is 32.5 Å². The average Bonchev–Trinajstić information content (AvgIpc) is 2.06. The summed E-state index contributed by atoms with van der Waals surface area (Å²) in [4.78, 5) is 21.2. The molecule has 12 nitrogen and oxygen atoms in total. The minimum absolute atomic E-state index is 2.14. The zero-order valence-corrected chi connectivity index (χ0v) is 9.92. The third-order valence-corrected chi connectivity index (χ3v) is 2.19. The number of carbonyl (C=O) groups is 2. The fourth-order valence-corrected chi connectivity index (χ4v) is 1.68. The molecule has 6 N–H and O–H groups in total. The first-order valence-corrected chi connectivity index (χ1v) is 6.65. The average molecular weight is 308 g/mol. The molecule has 0 aliphatic heterocycles. The Bertz CT molecular complexity index is 484. The summed E-state index contributed by atoms with van der Waals surface area (Å²) < 4.78 is 49.4. The first kappa shape index (κ1) is 16.7. The lowest BCUT2D eigenvalue weighted by atomic mass is 10.2. The van der Waals surface area contributed by atoms with Gasteiger partial charge in [-0.15, -0.1) is 0 Å². The fraction of sp³-hybridized carbons (Fsp3) is 0.500. The molecule has 0 radical (unpaired) electrons. The molecule has 0 aromatic rings. The van der Waals surface area contributed by atoms with E-state index >= 15 is 0 Å². The van der Waals surface area contributed by atoms with Crippen LogP contribution in [0.5, 0.6) is 0 Å². The topological polar surface area (TPSA) is 213 Å². The van der Waals surface area contributed by atoms with Crippen molar-refractivity contribution in [2.45, 2.75) is 12.2 Å². The lowest BCUT2D eigenvalue weighted by Gasteiger charge is -2.17. The number of hydrogen-bond donors (Lipinski definition) is 4. The predicted molar refractivity (Wildman–Crippen MR) is 51.2 cm³/mol. The molecule has 0 amide bonds. The van der Waals surface area contributed by atoms with E-state index in [-0.39, 0.29) is 0 Å². The van der Waals surface area contributed by atoms with Gasteiger partial charge in [0.1, 0.15) is 0 Å². The SMILES string of the molecule is NS(=O)(=O)OC(C(=O)O)C(OS(N)(=O)=O)C(=O)O. The van der Waals surface area contributed by atoms with Gasteiger partial charge in [-0.1, -0.05) is 0 Å². The molecule has 0 heterocycles. The third kappa shape index (κ3) is 6.42. The zero-order chi connectivity index (χ0) is 14.7. The first-order valence-electron chi connectivity index (χ1n) is 3.71. The van der Waals surface area contributed by atoms with Crippen LogP contribution < -0.4 is 10.3 Å². The molecule has 0 aliphatic carbocycles. The number of aliphatic carboxylic acids is 2. The van der Waals surface area contributed by atoms with Crippen LogP contribution in [0.15, 0.2) is 0 Å². The number of carboxylic acid groups (broad SMARTS) is 2. The van der Waals surface area contributed by atoms with Crippen molar-refractivity contribution in [2.24, 2.45) is 10.3 Å². The standard InChI is InChI=1S/C4H8N2O10S2/c5-17(11,12)15-1(3(7)8)2(4(9)10)16-18(6,13)14/h1-2H,(H,7,8)(H,9,10)(H2,5,11,12)(H2,6,13,14). The Balaban J connectivity index is 5.39. The van der Waals surface area contributed by atoms with Gasteiger partial charge < -0.3 is 10.2 Å². The summed E-state index contributed by atoms with van der Waals surface area (Å²) in [5.74, 6) is -4.28. The van der Waals surface area contributed by atoms with E-state index in [1.165, 1.54) is 0 Å². The van der Waals surface area contributed by atoms with Crippen molar-refractivity contribution in [2.75, 3.05) is 0 Å². The molecule has 0 aliphatic rings. The Morgan fingerprint density at radius 1 is 0.833 bits per heavy atom. The van der Waals surface area contributed by atoms with Gasteiger partial charge in [0.15, 0.2) is 0 Å². The maximum absolute atomic E-state index is 10.6. The Kier molecular flexibility index (Phi) is 5.14. The van der Waals surface area contributed by atoms with Crippen LogP contribution in [0.4, 0.5) is 0 Å². The molecule has 14 heteroatoms. The van der Waals surface area contributed by atoms with Gasteiger partial charge in [0.2, 0.25) is 12.2 Å². The van der Waals surface area contributed by atoms with Gasteiger partial charge in [-0.05, 0) is 0 Å². The maximum Gasteiger partial charge on any atom is 0.337 e. The van der Waals surface area contributed by atoms with Crippen LogP contribution >= 0.6 is 0 Å². The summed E-state index contributed by atoms with van der Waals surface area (Å²) in [6.07, 6.45) is -5.45. The Morgan fingerprint density at radius 2 is 1.06 bits per heavy atom. The zero-order valence-electron chi connectivity index (χ0n) is 8.29. The second-order valence-electron chi connectivity index (χ2n) is 2.70. The highest BCUT2D eigenvalue weighted by atomic mass is 32.2. The van der Waals surface area contributed by atoms with Crippen LogP contribution in [-0.4, -0.2) is 51.2 Å². The largest absolute Gasteiger partial charge is 0.479 e. The van der Waals surface area contributed by atoms with E-state index in [9.17, 15) is 26.4 Å². The van der Waals surface area contributed by atoms with E-state index in [2.05, 4.69) is 18.6 Å². The molecule has 0 saturated heterocycles. The highest BCUT2D eigenvalue weighted by molar-refractivity contribution is 7.84. The molecule has 0 aromatic heterocycles. The van der Waals surface area contributed by atoms with Gasteiger partial charge in [0, 0.05) is 0 Å². The van der Waals surface area contributed by atoms with Gasteiger partial charge >= 0.3 is 32.5 Å². The smallest absolute Gasteiger partial charge is 0.337 e. The minimum atomic E-state index is -4.86. The lowest BCUT2D eigenvalue weighted by Crippen LogP contribution is -2.47. The van der Waals surface area contributed by atoms with Gasteiger partial charge in [-0.25, -0.2) is 28.2 Å². The lowest BCUT2D eigenvalue weighted by molar-refractivity contribution is -0.161. The molecule has 2 unspecified atom stereocenters. The van der Waals surface area contributed by atoms with Crippen molar-refractivity contribution in [1.29, 1.82) is 0 Å². The van der Waals surface area contributed by atoms with Gasteiger partial charge in [-0.3, -0.25) is 0 Å². The molecular formula is C4H8N2O10S2. The van der Waals surface area contributed by atoms with Crippen molar-refractivity contribution < 1.29 is 45.0 Å². The van der Waals surface area contributed by atoms with Crippen LogP contribution in [0.1, 0.15) is 0 Å². The summed E-state index contributed by atoms with van der Waals surface area (Å²) in [5.41, 5.74) is 0. The summed E-state index contributed by atoms with van der Waals surface area (Å²) in [7, 11) is -9.72. The normalized spacial score (nSPS) is 15.9. The maximum atomic E-state index is 10.6. The van der Waals surface area contributed by atoms with Crippen LogP contribution in [0, 0.1) is 0 Å². The minimum Gasteiger partial charge on any atom is -0.479 e. The number of rotatable bonds is 7. The Hall–Kier alpha value is -1.32. The summed E-state index contributed by atoms with van der Waals surface area (Å²) >= 11 is 0. The highest BCUT2D eigenvalue weighted by Crippen LogP contribution is 2.09. The first-order chi connectivity index (χ1) is 7.83. The molecule has 0 saturated carbocycles. The van der Waals surface area contributed by atoms with E-state index in [1.807, 2.05) is 0 Å². The number of carboxylic acids is 2. The quantitative estimate of drug-likeness (QED) is 0.361. The predicted octanol–water partition coefficient (Wildman–Crippen LogP) is -3.67. The van der Waals surface area contributed by atoms with E-state index in [4.69, 9.17) is 10.2 Å². The molecule has 0 rings (SSSR count). The van der Waals surface area contributed by atoms with Crippen LogP contribution in [0.25, 0.3) is 0 Å². The van der Waals surface area contributed by atoms with E-state index in [0.717, 1.165) is 0 Å². The number of nitrogens with two attached hydrogens (primary N) is 2. The van der Waals surface area contributed by atoms with Crippen LogP contribution in [-0.2, 0) is 38.6 Å². The van der Waals surface area contributed by atoms with Crippen LogP contribution in [0.2, 0.25) is 0 Å². The van der Waals surface area contributed by atoms with Gasteiger partial charge in [-0.2, -0.15) is 16.8 Å². The Morgan fingerprint density at radius 3 is 1.17 bits per heavy atom. The molecule has 0 spiro atoms. The third-order valence-electron chi connectivity index (χ3n) is 1.24. The van der Waals surface area contributed by atoms with E-state index in [1.54, 1.807) is 0 Å². The molecule has 0 bridgehead atoms. The molecular weight excluding hydrogens is 300 g/mol. The van der Waals surface area contributed by atoms with Gasteiger partial charge in [0.05, 0.1) is 0 Å². The van der Waals surface area contributed by atoms with Crippen molar-refractivity contribution in [1.82, 2.24) is 0 Å². The second kappa shape index (κ2) is 5.55. The molecule has 0 fully saturated rings.